The number of halogens is 2. The van der Waals surface area contributed by atoms with Crippen molar-refractivity contribution in [3.63, 3.8) is 0 Å². The predicted octanol–water partition coefficient (Wildman–Crippen LogP) is 2.34. The van der Waals surface area contributed by atoms with E-state index in [1.165, 1.54) is 12.1 Å². The Labute approximate surface area is 81.4 Å². The summed E-state index contributed by atoms with van der Waals surface area (Å²) in [5, 5.41) is 3.13. The summed E-state index contributed by atoms with van der Waals surface area (Å²) in [5.74, 6) is -0.736. The van der Waals surface area contributed by atoms with Gasteiger partial charge in [-0.05, 0) is 36.7 Å². The highest BCUT2D eigenvalue weighted by atomic mass is 19.1. The first-order chi connectivity index (χ1) is 6.77. The van der Waals surface area contributed by atoms with Crippen LogP contribution in [0.4, 0.5) is 8.78 Å². The van der Waals surface area contributed by atoms with Crippen molar-refractivity contribution in [2.24, 2.45) is 0 Å². The van der Waals surface area contributed by atoms with Gasteiger partial charge in [-0.25, -0.2) is 8.78 Å². The van der Waals surface area contributed by atoms with Crippen LogP contribution in [-0.2, 0) is 0 Å². The van der Waals surface area contributed by atoms with Crippen molar-refractivity contribution in [3.8, 4) is 0 Å². The summed E-state index contributed by atoms with van der Waals surface area (Å²) in [6.45, 7) is 1.55. The smallest absolute Gasteiger partial charge is 0.130 e. The van der Waals surface area contributed by atoms with Crippen LogP contribution in [0.15, 0.2) is 24.3 Å². The summed E-state index contributed by atoms with van der Waals surface area (Å²) in [6, 6.07) is 3.57. The van der Waals surface area contributed by atoms with Gasteiger partial charge in [0.25, 0.3) is 0 Å². The highest BCUT2D eigenvalue weighted by molar-refractivity contribution is 5.67. The lowest BCUT2D eigenvalue weighted by molar-refractivity contribution is 0.595. The lowest BCUT2D eigenvalue weighted by atomic mass is 10.00. The molecule has 0 aliphatic carbocycles. The molecule has 0 radical (unpaired) electrons. The van der Waals surface area contributed by atoms with Crippen molar-refractivity contribution in [3.05, 3.63) is 41.5 Å². The molecule has 3 heteroatoms. The van der Waals surface area contributed by atoms with Crippen LogP contribution in [0, 0.1) is 11.6 Å². The monoisotopic (exact) mass is 195 g/mol. The molecule has 0 atom stereocenters. The van der Waals surface area contributed by atoms with E-state index in [4.69, 9.17) is 0 Å². The van der Waals surface area contributed by atoms with E-state index in [0.717, 1.165) is 31.1 Å². The average molecular weight is 195 g/mol. The molecule has 1 aliphatic rings. The number of nitrogens with one attached hydrogen (secondary N) is 1. The zero-order valence-electron chi connectivity index (χ0n) is 7.69. The van der Waals surface area contributed by atoms with Crippen LogP contribution in [0.1, 0.15) is 12.0 Å². The van der Waals surface area contributed by atoms with Gasteiger partial charge < -0.3 is 5.32 Å². The molecule has 0 aromatic heterocycles. The Balaban J connectivity index is 2.39. The first kappa shape index (κ1) is 9.34. The summed E-state index contributed by atoms with van der Waals surface area (Å²) in [6.07, 6.45) is 2.65. The Kier molecular flexibility index (Phi) is 2.59. The van der Waals surface area contributed by atoms with E-state index in [1.807, 2.05) is 6.08 Å². The third-order valence-electron chi connectivity index (χ3n) is 2.34. The highest BCUT2D eigenvalue weighted by Crippen LogP contribution is 2.23. The van der Waals surface area contributed by atoms with Crippen LogP contribution in [0.2, 0.25) is 0 Å². The molecule has 2 rings (SSSR count). The van der Waals surface area contributed by atoms with Crippen LogP contribution < -0.4 is 5.32 Å². The molecule has 74 valence electrons. The fraction of sp³-hybridized carbons (Fsp3) is 0.273. The minimum Gasteiger partial charge on any atom is -0.313 e. The largest absolute Gasteiger partial charge is 0.313 e. The van der Waals surface area contributed by atoms with Crippen LogP contribution in [0.25, 0.3) is 5.57 Å². The van der Waals surface area contributed by atoms with Gasteiger partial charge in [-0.1, -0.05) is 6.08 Å². The Morgan fingerprint density at radius 2 is 2.07 bits per heavy atom. The van der Waals surface area contributed by atoms with E-state index >= 15 is 0 Å². The van der Waals surface area contributed by atoms with E-state index in [9.17, 15) is 8.78 Å². The zero-order valence-corrected chi connectivity index (χ0v) is 7.69. The predicted molar refractivity (Wildman–Crippen MR) is 51.8 cm³/mol. The number of benzene rings is 1. The number of hydrogen-bond donors (Lipinski definition) is 1. The molecule has 0 unspecified atom stereocenters. The molecule has 1 aromatic carbocycles. The van der Waals surface area contributed by atoms with Gasteiger partial charge in [-0.15, -0.1) is 0 Å². The fourth-order valence-corrected chi connectivity index (χ4v) is 1.61. The molecule has 0 fully saturated rings. The van der Waals surface area contributed by atoms with Gasteiger partial charge in [0.05, 0.1) is 0 Å². The second-order valence-electron chi connectivity index (χ2n) is 3.31. The molecular weight excluding hydrogens is 184 g/mol. The van der Waals surface area contributed by atoms with Crippen molar-refractivity contribution < 1.29 is 8.78 Å². The third-order valence-corrected chi connectivity index (χ3v) is 2.34. The molecular formula is C11H11F2N. The Morgan fingerprint density at radius 1 is 1.21 bits per heavy atom. The van der Waals surface area contributed by atoms with Crippen molar-refractivity contribution in [1.29, 1.82) is 0 Å². The minimum atomic E-state index is -0.388. The first-order valence-corrected chi connectivity index (χ1v) is 4.62. The maximum absolute atomic E-state index is 13.3. The SMILES string of the molecule is Fc1ccc(F)c(C2=CCNCC2)c1. The fourth-order valence-electron chi connectivity index (χ4n) is 1.61. The van der Waals surface area contributed by atoms with Crippen LogP contribution in [-0.4, -0.2) is 13.1 Å². The minimum absolute atomic E-state index is 0.348. The number of hydrogen-bond acceptors (Lipinski definition) is 1. The van der Waals surface area contributed by atoms with Gasteiger partial charge in [0.15, 0.2) is 0 Å². The second-order valence-corrected chi connectivity index (χ2v) is 3.31. The Bertz CT molecular complexity index is 372. The van der Waals surface area contributed by atoms with Gasteiger partial charge in [0.2, 0.25) is 0 Å². The molecule has 0 bridgehead atoms. The summed E-state index contributed by atoms with van der Waals surface area (Å²) in [7, 11) is 0. The molecule has 14 heavy (non-hydrogen) atoms. The molecule has 1 heterocycles. The van der Waals surface area contributed by atoms with E-state index < -0.39 is 0 Å². The molecule has 1 aliphatic heterocycles. The normalized spacial score (nSPS) is 16.6. The van der Waals surface area contributed by atoms with E-state index in [0.29, 0.717) is 5.56 Å². The van der Waals surface area contributed by atoms with E-state index in [-0.39, 0.29) is 11.6 Å². The molecule has 0 spiro atoms. The molecule has 1 aromatic rings. The van der Waals surface area contributed by atoms with E-state index in [2.05, 4.69) is 5.32 Å². The second kappa shape index (κ2) is 3.88. The average Bonchev–Trinajstić information content (AvgIpc) is 2.23. The molecule has 0 saturated heterocycles. The van der Waals surface area contributed by atoms with Crippen LogP contribution >= 0.6 is 0 Å². The van der Waals surface area contributed by atoms with E-state index in [1.54, 1.807) is 0 Å². The van der Waals surface area contributed by atoms with Crippen LogP contribution in [0.5, 0.6) is 0 Å². The van der Waals surface area contributed by atoms with Gasteiger partial charge >= 0.3 is 0 Å². The quantitative estimate of drug-likeness (QED) is 0.725. The summed E-state index contributed by atoms with van der Waals surface area (Å²) in [4.78, 5) is 0. The summed E-state index contributed by atoms with van der Waals surface area (Å²) < 4.78 is 26.2. The van der Waals surface area contributed by atoms with Crippen molar-refractivity contribution in [2.45, 2.75) is 6.42 Å². The van der Waals surface area contributed by atoms with Gasteiger partial charge in [0, 0.05) is 12.1 Å². The van der Waals surface area contributed by atoms with Crippen molar-refractivity contribution in [2.75, 3.05) is 13.1 Å². The van der Waals surface area contributed by atoms with Crippen molar-refractivity contribution in [1.82, 2.24) is 5.32 Å². The lowest BCUT2D eigenvalue weighted by Gasteiger charge is -2.14. The topological polar surface area (TPSA) is 12.0 Å². The summed E-state index contributed by atoms with van der Waals surface area (Å²) >= 11 is 0. The maximum Gasteiger partial charge on any atom is 0.130 e. The first-order valence-electron chi connectivity index (χ1n) is 4.62. The molecule has 1 nitrogen and oxygen atoms in total. The lowest BCUT2D eigenvalue weighted by Crippen LogP contribution is -2.20. The molecule has 0 amide bonds. The standard InChI is InChI=1S/C11H11F2N/c12-9-1-2-11(13)10(7-9)8-3-5-14-6-4-8/h1-3,7,14H,4-6H2. The highest BCUT2D eigenvalue weighted by Gasteiger charge is 2.10. The maximum atomic E-state index is 13.3. The zero-order chi connectivity index (χ0) is 9.97. The Hall–Kier alpha value is -1.22. The van der Waals surface area contributed by atoms with Gasteiger partial charge in [-0.3, -0.25) is 0 Å². The molecule has 0 saturated carbocycles. The Morgan fingerprint density at radius 3 is 2.79 bits per heavy atom. The summed E-state index contributed by atoms with van der Waals surface area (Å²) in [5.41, 5.74) is 1.28. The van der Waals surface area contributed by atoms with Gasteiger partial charge in [0.1, 0.15) is 11.6 Å². The third kappa shape index (κ3) is 1.82. The molecule has 1 N–H and O–H groups in total. The van der Waals surface area contributed by atoms with Crippen LogP contribution in [0.3, 0.4) is 0 Å². The van der Waals surface area contributed by atoms with Gasteiger partial charge in [-0.2, -0.15) is 0 Å². The number of rotatable bonds is 1. The van der Waals surface area contributed by atoms with Crippen molar-refractivity contribution >= 4 is 5.57 Å².